The van der Waals surface area contributed by atoms with Gasteiger partial charge in [0.05, 0.1) is 7.11 Å². The van der Waals surface area contributed by atoms with Gasteiger partial charge in [0.15, 0.2) is 0 Å². The van der Waals surface area contributed by atoms with E-state index in [1.807, 2.05) is 19.9 Å². The maximum Gasteiger partial charge on any atom is 0.407 e. The van der Waals surface area contributed by atoms with Crippen molar-refractivity contribution < 1.29 is 14.6 Å². The van der Waals surface area contributed by atoms with Crippen LogP contribution in [0, 0.1) is 13.8 Å². The molecule has 94 valence electrons. The lowest BCUT2D eigenvalue weighted by molar-refractivity contribution is 0.156. The molecule has 17 heavy (non-hydrogen) atoms. The summed E-state index contributed by atoms with van der Waals surface area (Å²) in [5, 5.41) is 8.79. The average Bonchev–Trinajstić information content (AvgIpc) is 2.26. The molecule has 1 amide bonds. The molecule has 1 aromatic rings. The molecule has 0 saturated carbocycles. The largest absolute Gasteiger partial charge is 0.496 e. The molecular formula is C13H19NO3. The van der Waals surface area contributed by atoms with Crippen molar-refractivity contribution >= 4 is 6.09 Å². The predicted octanol–water partition coefficient (Wildman–Crippen LogP) is 2.46. The quantitative estimate of drug-likeness (QED) is 0.875. The SMILES string of the molecule is COc1cc(C)cc(C)c1CCN(C)C(=O)O. The Labute approximate surface area is 102 Å². The summed E-state index contributed by atoms with van der Waals surface area (Å²) in [5.41, 5.74) is 3.36. The Kier molecular flexibility index (Phi) is 4.37. The Morgan fingerprint density at radius 1 is 1.41 bits per heavy atom. The number of carbonyl (C=O) groups is 1. The van der Waals surface area contributed by atoms with Crippen molar-refractivity contribution in [2.45, 2.75) is 20.3 Å². The van der Waals surface area contributed by atoms with Gasteiger partial charge in [-0.1, -0.05) is 6.07 Å². The van der Waals surface area contributed by atoms with Crippen LogP contribution in [0.5, 0.6) is 5.75 Å². The van der Waals surface area contributed by atoms with Gasteiger partial charge >= 0.3 is 6.09 Å². The van der Waals surface area contributed by atoms with Gasteiger partial charge in [-0.05, 0) is 43.0 Å². The average molecular weight is 237 g/mol. The second-order valence-corrected chi connectivity index (χ2v) is 4.22. The normalized spacial score (nSPS) is 10.1. The number of ether oxygens (including phenoxy) is 1. The minimum Gasteiger partial charge on any atom is -0.496 e. The molecule has 0 radical (unpaired) electrons. The molecule has 4 heteroatoms. The zero-order valence-corrected chi connectivity index (χ0v) is 10.8. The summed E-state index contributed by atoms with van der Waals surface area (Å²) in [4.78, 5) is 12.0. The molecule has 0 spiro atoms. The van der Waals surface area contributed by atoms with Crippen molar-refractivity contribution in [2.75, 3.05) is 20.7 Å². The van der Waals surface area contributed by atoms with Crippen LogP contribution >= 0.6 is 0 Å². The molecule has 0 atom stereocenters. The number of likely N-dealkylation sites (N-methyl/N-ethyl adjacent to an activating group) is 1. The van der Waals surface area contributed by atoms with Crippen molar-refractivity contribution in [3.05, 3.63) is 28.8 Å². The minimum atomic E-state index is -0.909. The molecular weight excluding hydrogens is 218 g/mol. The van der Waals surface area contributed by atoms with Crippen LogP contribution in [0.3, 0.4) is 0 Å². The van der Waals surface area contributed by atoms with Crippen LogP contribution < -0.4 is 4.74 Å². The standard InChI is InChI=1S/C13H19NO3/c1-9-7-10(2)11(12(8-9)17-4)5-6-14(3)13(15)16/h7-8H,5-6H2,1-4H3,(H,15,16). The van der Waals surface area contributed by atoms with Gasteiger partial charge in [0, 0.05) is 13.6 Å². The number of methoxy groups -OCH3 is 1. The molecule has 4 nitrogen and oxygen atoms in total. The molecule has 0 fully saturated rings. The fraction of sp³-hybridized carbons (Fsp3) is 0.462. The first-order chi connectivity index (χ1) is 7.95. The van der Waals surface area contributed by atoms with Crippen LogP contribution in [-0.2, 0) is 6.42 Å². The molecule has 0 bridgehead atoms. The number of benzene rings is 1. The summed E-state index contributed by atoms with van der Waals surface area (Å²) in [5.74, 6) is 0.835. The lowest BCUT2D eigenvalue weighted by Gasteiger charge is -2.16. The van der Waals surface area contributed by atoms with Crippen LogP contribution in [0.25, 0.3) is 0 Å². The Morgan fingerprint density at radius 3 is 2.59 bits per heavy atom. The van der Waals surface area contributed by atoms with Crippen LogP contribution in [0.1, 0.15) is 16.7 Å². The summed E-state index contributed by atoms with van der Waals surface area (Å²) in [6.07, 6.45) is -0.244. The number of hydrogen-bond acceptors (Lipinski definition) is 2. The Hall–Kier alpha value is -1.71. The fourth-order valence-electron chi connectivity index (χ4n) is 1.84. The first-order valence-electron chi connectivity index (χ1n) is 5.54. The first-order valence-corrected chi connectivity index (χ1v) is 5.54. The van der Waals surface area contributed by atoms with Gasteiger partial charge in [-0.3, -0.25) is 0 Å². The number of nitrogens with zero attached hydrogens (tertiary/aromatic N) is 1. The summed E-state index contributed by atoms with van der Waals surface area (Å²) >= 11 is 0. The van der Waals surface area contributed by atoms with Crippen molar-refractivity contribution in [1.82, 2.24) is 4.90 Å². The zero-order chi connectivity index (χ0) is 13.0. The summed E-state index contributed by atoms with van der Waals surface area (Å²) in [6, 6.07) is 4.06. The van der Waals surface area contributed by atoms with E-state index in [0.29, 0.717) is 13.0 Å². The highest BCUT2D eigenvalue weighted by atomic mass is 16.5. The molecule has 1 aromatic carbocycles. The zero-order valence-electron chi connectivity index (χ0n) is 10.8. The molecule has 0 aliphatic rings. The highest BCUT2D eigenvalue weighted by molar-refractivity contribution is 5.64. The third kappa shape index (κ3) is 3.37. The van der Waals surface area contributed by atoms with E-state index in [9.17, 15) is 4.79 Å². The molecule has 0 aromatic heterocycles. The van der Waals surface area contributed by atoms with Crippen LogP contribution in [0.4, 0.5) is 4.79 Å². The van der Waals surface area contributed by atoms with Crippen molar-refractivity contribution in [1.29, 1.82) is 0 Å². The van der Waals surface area contributed by atoms with Gasteiger partial charge < -0.3 is 14.7 Å². The van der Waals surface area contributed by atoms with Gasteiger partial charge in [0.25, 0.3) is 0 Å². The van der Waals surface area contributed by atoms with Gasteiger partial charge in [0.1, 0.15) is 5.75 Å². The number of aryl methyl sites for hydroxylation is 2. The van der Waals surface area contributed by atoms with Crippen LogP contribution in [0.2, 0.25) is 0 Å². The van der Waals surface area contributed by atoms with E-state index in [-0.39, 0.29) is 0 Å². The second-order valence-electron chi connectivity index (χ2n) is 4.22. The van der Waals surface area contributed by atoms with Crippen molar-refractivity contribution in [2.24, 2.45) is 0 Å². The first kappa shape index (κ1) is 13.4. The fourth-order valence-corrected chi connectivity index (χ4v) is 1.84. The summed E-state index contributed by atoms with van der Waals surface area (Å²) in [6.45, 7) is 4.50. The van der Waals surface area contributed by atoms with Crippen molar-refractivity contribution in [3.63, 3.8) is 0 Å². The Morgan fingerprint density at radius 2 is 2.06 bits per heavy atom. The minimum absolute atomic E-state index is 0.468. The monoisotopic (exact) mass is 237 g/mol. The van der Waals surface area contributed by atoms with E-state index in [4.69, 9.17) is 9.84 Å². The van der Waals surface area contributed by atoms with Crippen LogP contribution in [-0.4, -0.2) is 36.8 Å². The van der Waals surface area contributed by atoms with Crippen molar-refractivity contribution in [3.8, 4) is 5.75 Å². The molecule has 0 heterocycles. The van der Waals surface area contributed by atoms with E-state index < -0.39 is 6.09 Å². The number of hydrogen-bond donors (Lipinski definition) is 1. The summed E-state index contributed by atoms with van der Waals surface area (Å²) in [7, 11) is 3.21. The third-order valence-electron chi connectivity index (χ3n) is 2.82. The topological polar surface area (TPSA) is 49.8 Å². The molecule has 1 N–H and O–H groups in total. The molecule has 0 saturated heterocycles. The molecule has 0 aliphatic heterocycles. The smallest absolute Gasteiger partial charge is 0.407 e. The highest BCUT2D eigenvalue weighted by Gasteiger charge is 2.11. The van der Waals surface area contributed by atoms with E-state index in [2.05, 4.69) is 6.07 Å². The lowest BCUT2D eigenvalue weighted by atomic mass is 10.0. The number of rotatable bonds is 4. The molecule has 0 unspecified atom stereocenters. The Balaban J connectivity index is 2.86. The summed E-state index contributed by atoms with van der Waals surface area (Å²) < 4.78 is 5.33. The molecule has 1 rings (SSSR count). The predicted molar refractivity (Wildman–Crippen MR) is 66.8 cm³/mol. The van der Waals surface area contributed by atoms with Crippen LogP contribution in [0.15, 0.2) is 12.1 Å². The Bertz CT molecular complexity index is 415. The molecule has 0 aliphatic carbocycles. The van der Waals surface area contributed by atoms with E-state index in [0.717, 1.165) is 22.4 Å². The number of carboxylic acid groups (broad SMARTS) is 1. The van der Waals surface area contributed by atoms with Gasteiger partial charge in [0.2, 0.25) is 0 Å². The third-order valence-corrected chi connectivity index (χ3v) is 2.82. The maximum atomic E-state index is 10.7. The van der Waals surface area contributed by atoms with Gasteiger partial charge in [-0.25, -0.2) is 4.79 Å². The number of amides is 1. The maximum absolute atomic E-state index is 10.7. The van der Waals surface area contributed by atoms with Gasteiger partial charge in [-0.2, -0.15) is 0 Å². The van der Waals surface area contributed by atoms with E-state index in [1.54, 1.807) is 14.2 Å². The second kappa shape index (κ2) is 5.57. The highest BCUT2D eigenvalue weighted by Crippen LogP contribution is 2.24. The van der Waals surface area contributed by atoms with Gasteiger partial charge in [-0.15, -0.1) is 0 Å². The van der Waals surface area contributed by atoms with E-state index >= 15 is 0 Å². The van der Waals surface area contributed by atoms with E-state index in [1.165, 1.54) is 4.90 Å². The lowest BCUT2D eigenvalue weighted by Crippen LogP contribution is -2.27.